The topological polar surface area (TPSA) is 137 Å². The molecule has 170 valence electrons. The summed E-state index contributed by atoms with van der Waals surface area (Å²) in [5.41, 5.74) is 4.16. The molecule has 0 spiro atoms. The van der Waals surface area contributed by atoms with Crippen molar-refractivity contribution in [2.24, 2.45) is 0 Å². The highest BCUT2D eigenvalue weighted by Gasteiger charge is 2.49. The summed E-state index contributed by atoms with van der Waals surface area (Å²) in [5.74, 6) is -3.12. The van der Waals surface area contributed by atoms with Crippen LogP contribution in [-0.2, 0) is 32.0 Å². The molecule has 33 heavy (non-hydrogen) atoms. The number of benzene rings is 2. The SMILES string of the molecule is O=C1CCc2cc(NC(=O)OC3(O)CCN(c4ccc5c(c4)CCC(=O)N5)C3=O)ccc2N1. The fourth-order valence-electron chi connectivity index (χ4n) is 4.32. The van der Waals surface area contributed by atoms with E-state index in [1.807, 2.05) is 0 Å². The van der Waals surface area contributed by atoms with E-state index >= 15 is 0 Å². The van der Waals surface area contributed by atoms with E-state index in [1.54, 1.807) is 36.4 Å². The molecule has 2 aromatic carbocycles. The second kappa shape index (κ2) is 7.89. The van der Waals surface area contributed by atoms with Gasteiger partial charge in [0.2, 0.25) is 11.8 Å². The first-order chi connectivity index (χ1) is 15.8. The highest BCUT2D eigenvalue weighted by Crippen LogP contribution is 2.33. The van der Waals surface area contributed by atoms with Gasteiger partial charge in [0.1, 0.15) is 0 Å². The Bertz CT molecular complexity index is 1200. The average molecular weight is 450 g/mol. The summed E-state index contributed by atoms with van der Waals surface area (Å²) in [6.45, 7) is 0.173. The van der Waals surface area contributed by atoms with E-state index < -0.39 is 17.8 Å². The van der Waals surface area contributed by atoms with Gasteiger partial charge < -0.3 is 25.4 Å². The molecule has 3 aliphatic rings. The first-order valence-electron chi connectivity index (χ1n) is 10.7. The summed E-state index contributed by atoms with van der Waals surface area (Å²) in [4.78, 5) is 49.7. The van der Waals surface area contributed by atoms with E-state index in [-0.39, 0.29) is 24.8 Å². The number of hydrogen-bond donors (Lipinski definition) is 4. The zero-order valence-corrected chi connectivity index (χ0v) is 17.6. The third kappa shape index (κ3) is 4.00. The summed E-state index contributed by atoms with van der Waals surface area (Å²) < 4.78 is 5.14. The summed E-state index contributed by atoms with van der Waals surface area (Å²) in [6, 6.07) is 10.2. The van der Waals surface area contributed by atoms with Crippen LogP contribution in [0.4, 0.5) is 27.5 Å². The molecule has 3 heterocycles. The molecule has 4 amide bonds. The smallest absolute Gasteiger partial charge is 0.407 e. The van der Waals surface area contributed by atoms with Gasteiger partial charge in [-0.3, -0.25) is 19.7 Å². The maximum absolute atomic E-state index is 12.9. The molecular weight excluding hydrogens is 428 g/mol. The Morgan fingerprint density at radius 3 is 2.27 bits per heavy atom. The highest BCUT2D eigenvalue weighted by atomic mass is 16.7. The van der Waals surface area contributed by atoms with E-state index in [0.29, 0.717) is 48.4 Å². The average Bonchev–Trinajstić information content (AvgIpc) is 3.07. The molecule has 1 unspecified atom stereocenters. The molecule has 10 nitrogen and oxygen atoms in total. The number of aliphatic hydroxyl groups is 1. The Hall–Kier alpha value is -3.92. The van der Waals surface area contributed by atoms with E-state index in [1.165, 1.54) is 4.90 Å². The minimum absolute atomic E-state index is 0.0510. The van der Waals surface area contributed by atoms with Crippen LogP contribution >= 0.6 is 0 Å². The number of carbonyl (C=O) groups excluding carboxylic acids is 4. The second-order valence-electron chi connectivity index (χ2n) is 8.32. The number of amides is 4. The molecule has 0 aliphatic carbocycles. The Balaban J connectivity index is 1.26. The molecule has 1 atom stereocenters. The van der Waals surface area contributed by atoms with Gasteiger partial charge in [0.15, 0.2) is 0 Å². The molecule has 1 fully saturated rings. The quantitative estimate of drug-likeness (QED) is 0.529. The van der Waals surface area contributed by atoms with Gasteiger partial charge in [-0.05, 0) is 60.4 Å². The zero-order valence-electron chi connectivity index (χ0n) is 17.6. The maximum Gasteiger partial charge on any atom is 0.414 e. The largest absolute Gasteiger partial charge is 0.414 e. The lowest BCUT2D eigenvalue weighted by atomic mass is 10.0. The number of anilines is 4. The maximum atomic E-state index is 12.9. The van der Waals surface area contributed by atoms with Crippen LogP contribution < -0.4 is 20.9 Å². The predicted molar refractivity (Wildman–Crippen MR) is 119 cm³/mol. The fraction of sp³-hybridized carbons (Fsp3) is 0.304. The van der Waals surface area contributed by atoms with E-state index in [4.69, 9.17) is 4.74 Å². The van der Waals surface area contributed by atoms with E-state index in [2.05, 4.69) is 16.0 Å². The molecule has 0 aromatic heterocycles. The molecule has 3 aliphatic heterocycles. The Morgan fingerprint density at radius 2 is 1.58 bits per heavy atom. The summed E-state index contributed by atoms with van der Waals surface area (Å²) in [7, 11) is 0. The number of nitrogens with zero attached hydrogens (tertiary/aromatic N) is 1. The van der Waals surface area contributed by atoms with Crippen molar-refractivity contribution in [3.8, 4) is 0 Å². The van der Waals surface area contributed by atoms with Crippen LogP contribution in [0.5, 0.6) is 0 Å². The number of hydrogen-bond acceptors (Lipinski definition) is 6. The molecule has 0 saturated carbocycles. The van der Waals surface area contributed by atoms with Gasteiger partial charge in [0.05, 0.1) is 0 Å². The van der Waals surface area contributed by atoms with Crippen LogP contribution in [-0.4, -0.2) is 41.3 Å². The lowest BCUT2D eigenvalue weighted by Crippen LogP contribution is -2.44. The molecule has 5 rings (SSSR count). The Kier molecular flexibility index (Phi) is 5.01. The van der Waals surface area contributed by atoms with Gasteiger partial charge in [0, 0.05) is 48.6 Å². The van der Waals surface area contributed by atoms with Crippen molar-refractivity contribution in [3.63, 3.8) is 0 Å². The van der Waals surface area contributed by atoms with Crippen LogP contribution in [0.1, 0.15) is 30.4 Å². The molecule has 0 radical (unpaired) electrons. The standard InChI is InChI=1S/C23H22N4O6/c28-19-7-1-13-11-15(3-5-17(13)25-19)24-22(31)33-23(32)9-10-27(21(23)30)16-4-6-18-14(12-16)2-8-20(29)26-18/h3-6,11-12,32H,1-2,7-10H2,(H,24,31)(H,25,28)(H,26,29). The highest BCUT2D eigenvalue weighted by molar-refractivity contribution is 6.03. The number of rotatable bonds is 3. The number of fused-ring (bicyclic) bond motifs is 2. The van der Waals surface area contributed by atoms with Crippen molar-refractivity contribution in [3.05, 3.63) is 47.5 Å². The third-order valence-corrected chi connectivity index (χ3v) is 6.06. The monoisotopic (exact) mass is 450 g/mol. The predicted octanol–water partition coefficient (Wildman–Crippen LogP) is 2.13. The van der Waals surface area contributed by atoms with E-state index in [9.17, 15) is 24.3 Å². The van der Waals surface area contributed by atoms with Crippen molar-refractivity contribution in [1.82, 2.24) is 0 Å². The van der Waals surface area contributed by atoms with Crippen LogP contribution in [0.25, 0.3) is 0 Å². The molecule has 2 aromatic rings. The van der Waals surface area contributed by atoms with Crippen LogP contribution in [0.2, 0.25) is 0 Å². The van der Waals surface area contributed by atoms with Crippen molar-refractivity contribution < 1.29 is 29.0 Å². The summed E-state index contributed by atoms with van der Waals surface area (Å²) >= 11 is 0. The van der Waals surface area contributed by atoms with Crippen molar-refractivity contribution >= 4 is 46.6 Å². The van der Waals surface area contributed by atoms with Gasteiger partial charge >= 0.3 is 6.09 Å². The van der Waals surface area contributed by atoms with Crippen LogP contribution in [0.3, 0.4) is 0 Å². The first kappa shape index (κ1) is 21.0. The van der Waals surface area contributed by atoms with Gasteiger partial charge in [-0.25, -0.2) is 4.79 Å². The molecule has 10 heteroatoms. The van der Waals surface area contributed by atoms with Crippen LogP contribution in [0.15, 0.2) is 36.4 Å². The van der Waals surface area contributed by atoms with Gasteiger partial charge in [-0.15, -0.1) is 0 Å². The van der Waals surface area contributed by atoms with Crippen molar-refractivity contribution in [2.45, 2.75) is 37.9 Å². The molecule has 1 saturated heterocycles. The lowest BCUT2D eigenvalue weighted by Gasteiger charge is -2.24. The minimum Gasteiger partial charge on any atom is -0.407 e. The number of carbonyl (C=O) groups is 4. The van der Waals surface area contributed by atoms with Crippen molar-refractivity contribution in [1.29, 1.82) is 0 Å². The summed E-state index contributed by atoms with van der Waals surface area (Å²) in [6.07, 6.45) is 0.800. The summed E-state index contributed by atoms with van der Waals surface area (Å²) in [5, 5.41) is 18.8. The number of aryl methyl sites for hydroxylation is 2. The van der Waals surface area contributed by atoms with Crippen LogP contribution in [0, 0.1) is 0 Å². The van der Waals surface area contributed by atoms with Crippen molar-refractivity contribution in [2.75, 3.05) is 27.4 Å². The Morgan fingerprint density at radius 1 is 0.939 bits per heavy atom. The molecule has 4 N–H and O–H groups in total. The lowest BCUT2D eigenvalue weighted by molar-refractivity contribution is -0.173. The minimum atomic E-state index is -2.28. The molecule has 0 bridgehead atoms. The Labute approximate surface area is 188 Å². The molecular formula is C23H22N4O6. The number of nitrogens with one attached hydrogen (secondary N) is 3. The zero-order chi connectivity index (χ0) is 23.2. The van der Waals surface area contributed by atoms with Gasteiger partial charge in [-0.2, -0.15) is 0 Å². The van der Waals surface area contributed by atoms with Gasteiger partial charge in [0.25, 0.3) is 11.7 Å². The number of ether oxygens (including phenoxy) is 1. The third-order valence-electron chi connectivity index (χ3n) is 6.06. The van der Waals surface area contributed by atoms with E-state index in [0.717, 1.165) is 11.1 Å². The van der Waals surface area contributed by atoms with Gasteiger partial charge in [-0.1, -0.05) is 0 Å². The second-order valence-corrected chi connectivity index (χ2v) is 8.32. The first-order valence-corrected chi connectivity index (χ1v) is 10.7. The normalized spacial score (nSPS) is 21.6. The fourth-order valence-corrected chi connectivity index (χ4v) is 4.32.